The van der Waals surface area contributed by atoms with Crippen LogP contribution in [-0.4, -0.2) is 12.1 Å². The summed E-state index contributed by atoms with van der Waals surface area (Å²) in [5.41, 5.74) is 2.55. The van der Waals surface area contributed by atoms with Crippen LogP contribution in [0.15, 0.2) is 65.8 Å². The molecule has 3 nitrogen and oxygen atoms in total. The quantitative estimate of drug-likeness (QED) is 0.457. The van der Waals surface area contributed by atoms with Crippen LogP contribution in [0.4, 0.5) is 5.69 Å². The van der Waals surface area contributed by atoms with E-state index in [1.54, 1.807) is 0 Å². The predicted molar refractivity (Wildman–Crippen MR) is 73.6 cm³/mol. The summed E-state index contributed by atoms with van der Waals surface area (Å²) in [7, 11) is 0. The van der Waals surface area contributed by atoms with Gasteiger partial charge < -0.3 is 0 Å². The van der Waals surface area contributed by atoms with Crippen LogP contribution < -0.4 is 5.01 Å². The molecular formula is C15H14N2O. The van der Waals surface area contributed by atoms with Gasteiger partial charge in [-0.25, -0.2) is 5.01 Å². The maximum atomic E-state index is 11.1. The predicted octanol–water partition coefficient (Wildman–Crippen LogP) is 3.07. The molecule has 0 heterocycles. The topological polar surface area (TPSA) is 32.7 Å². The van der Waals surface area contributed by atoms with Crippen LogP contribution in [0.1, 0.15) is 12.5 Å². The molecule has 0 aliphatic rings. The fraction of sp³-hybridized carbons (Fsp3) is 0.0667. The SMILES string of the molecule is CC(=NN(C=O)c1ccccc1)c1ccccc1. The molecule has 18 heavy (non-hydrogen) atoms. The van der Waals surface area contributed by atoms with Crippen LogP contribution in [0.5, 0.6) is 0 Å². The first kappa shape index (κ1) is 12.0. The third kappa shape index (κ3) is 2.83. The van der Waals surface area contributed by atoms with Gasteiger partial charge in [-0.3, -0.25) is 4.79 Å². The lowest BCUT2D eigenvalue weighted by Gasteiger charge is -2.12. The number of amides is 1. The largest absolute Gasteiger partial charge is 0.276 e. The van der Waals surface area contributed by atoms with Crippen molar-refractivity contribution in [3.63, 3.8) is 0 Å². The number of hydrogen-bond acceptors (Lipinski definition) is 2. The third-order valence-corrected chi connectivity index (χ3v) is 2.57. The molecule has 0 aliphatic heterocycles. The van der Waals surface area contributed by atoms with Crippen molar-refractivity contribution in [1.29, 1.82) is 0 Å². The molecule has 0 spiro atoms. The van der Waals surface area contributed by atoms with E-state index in [4.69, 9.17) is 0 Å². The van der Waals surface area contributed by atoms with Gasteiger partial charge in [-0.1, -0.05) is 48.5 Å². The first-order valence-electron chi connectivity index (χ1n) is 5.71. The van der Waals surface area contributed by atoms with Crippen LogP contribution in [0.3, 0.4) is 0 Å². The molecule has 0 aromatic heterocycles. The molecule has 3 heteroatoms. The molecule has 1 amide bonds. The zero-order valence-corrected chi connectivity index (χ0v) is 10.2. The summed E-state index contributed by atoms with van der Waals surface area (Å²) < 4.78 is 0. The number of para-hydroxylation sites is 1. The number of carbonyl (C=O) groups is 1. The normalized spacial score (nSPS) is 11.1. The fourth-order valence-corrected chi connectivity index (χ4v) is 1.62. The van der Waals surface area contributed by atoms with Gasteiger partial charge in [-0.05, 0) is 24.6 Å². The van der Waals surface area contributed by atoms with Crippen molar-refractivity contribution in [2.45, 2.75) is 6.92 Å². The first-order chi connectivity index (χ1) is 8.81. The van der Waals surface area contributed by atoms with Gasteiger partial charge in [0.15, 0.2) is 0 Å². The monoisotopic (exact) mass is 238 g/mol. The van der Waals surface area contributed by atoms with E-state index in [9.17, 15) is 4.79 Å². The van der Waals surface area contributed by atoms with Crippen molar-refractivity contribution in [3.8, 4) is 0 Å². The minimum Gasteiger partial charge on any atom is -0.276 e. The maximum absolute atomic E-state index is 11.1. The van der Waals surface area contributed by atoms with Gasteiger partial charge in [-0.2, -0.15) is 5.10 Å². The van der Waals surface area contributed by atoms with Crippen LogP contribution >= 0.6 is 0 Å². The lowest BCUT2D eigenvalue weighted by atomic mass is 10.1. The fourth-order valence-electron chi connectivity index (χ4n) is 1.62. The highest BCUT2D eigenvalue weighted by Crippen LogP contribution is 2.12. The molecule has 2 aromatic carbocycles. The number of benzene rings is 2. The number of hydrazone groups is 1. The second kappa shape index (κ2) is 5.77. The second-order valence-corrected chi connectivity index (χ2v) is 3.84. The van der Waals surface area contributed by atoms with E-state index in [2.05, 4.69) is 5.10 Å². The van der Waals surface area contributed by atoms with E-state index in [-0.39, 0.29) is 0 Å². The zero-order chi connectivity index (χ0) is 12.8. The van der Waals surface area contributed by atoms with Gasteiger partial charge >= 0.3 is 0 Å². The van der Waals surface area contributed by atoms with E-state index < -0.39 is 0 Å². The van der Waals surface area contributed by atoms with Gasteiger partial charge in [0, 0.05) is 0 Å². The van der Waals surface area contributed by atoms with E-state index in [1.807, 2.05) is 67.6 Å². The van der Waals surface area contributed by atoms with Crippen molar-refractivity contribution in [3.05, 3.63) is 66.2 Å². The molecule has 2 aromatic rings. The summed E-state index contributed by atoms with van der Waals surface area (Å²) in [6.07, 6.45) is 0.710. The zero-order valence-electron chi connectivity index (χ0n) is 10.2. The van der Waals surface area contributed by atoms with E-state index in [1.165, 1.54) is 5.01 Å². The van der Waals surface area contributed by atoms with Crippen LogP contribution in [0.2, 0.25) is 0 Å². The Bertz CT molecular complexity index is 535. The molecule has 0 fully saturated rings. The summed E-state index contributed by atoms with van der Waals surface area (Å²) in [5.74, 6) is 0. The Labute approximate surface area is 106 Å². The Morgan fingerprint density at radius 2 is 1.56 bits per heavy atom. The molecule has 0 N–H and O–H groups in total. The highest BCUT2D eigenvalue weighted by Gasteiger charge is 2.04. The highest BCUT2D eigenvalue weighted by atomic mass is 16.1. The summed E-state index contributed by atoms with van der Waals surface area (Å²) in [5, 5.41) is 5.65. The molecule has 0 saturated heterocycles. The molecule has 0 aliphatic carbocycles. The molecule has 0 atom stereocenters. The first-order valence-corrected chi connectivity index (χ1v) is 5.71. The van der Waals surface area contributed by atoms with Crippen molar-refractivity contribution in [2.75, 3.05) is 5.01 Å². The lowest BCUT2D eigenvalue weighted by Crippen LogP contribution is -2.16. The molecular weight excluding hydrogens is 224 g/mol. The minimum atomic E-state index is 0.710. The Balaban J connectivity index is 2.28. The number of hydrogen-bond donors (Lipinski definition) is 0. The average molecular weight is 238 g/mol. The van der Waals surface area contributed by atoms with E-state index in [0.717, 1.165) is 17.0 Å². The van der Waals surface area contributed by atoms with Gasteiger partial charge in [0.2, 0.25) is 6.41 Å². The number of carbonyl (C=O) groups excluding carboxylic acids is 1. The standard InChI is InChI=1S/C15H14N2O/c1-13(14-8-4-2-5-9-14)16-17(12-18)15-10-6-3-7-11-15/h2-12H,1H3. The van der Waals surface area contributed by atoms with Crippen LogP contribution in [0, 0.1) is 0 Å². The van der Waals surface area contributed by atoms with Crippen molar-refractivity contribution >= 4 is 17.8 Å². The molecule has 0 unspecified atom stereocenters. The van der Waals surface area contributed by atoms with E-state index >= 15 is 0 Å². The molecule has 2 rings (SSSR count). The van der Waals surface area contributed by atoms with Gasteiger partial charge in [-0.15, -0.1) is 0 Å². The lowest BCUT2D eigenvalue weighted by molar-refractivity contribution is -0.107. The Hall–Kier alpha value is -2.42. The Morgan fingerprint density at radius 1 is 1.00 bits per heavy atom. The number of rotatable bonds is 4. The molecule has 0 radical (unpaired) electrons. The van der Waals surface area contributed by atoms with Crippen LogP contribution in [-0.2, 0) is 4.79 Å². The summed E-state index contributed by atoms with van der Waals surface area (Å²) in [6, 6.07) is 19.1. The molecule has 0 saturated carbocycles. The second-order valence-electron chi connectivity index (χ2n) is 3.84. The average Bonchev–Trinajstić information content (AvgIpc) is 2.46. The Kier molecular flexibility index (Phi) is 3.86. The van der Waals surface area contributed by atoms with Crippen molar-refractivity contribution in [2.24, 2.45) is 5.10 Å². The highest BCUT2D eigenvalue weighted by molar-refractivity contribution is 6.00. The summed E-state index contributed by atoms with van der Waals surface area (Å²) in [4.78, 5) is 11.1. The van der Waals surface area contributed by atoms with Gasteiger partial charge in [0.1, 0.15) is 0 Å². The Morgan fingerprint density at radius 3 is 2.11 bits per heavy atom. The number of anilines is 1. The summed E-state index contributed by atoms with van der Waals surface area (Å²) in [6.45, 7) is 1.88. The van der Waals surface area contributed by atoms with Gasteiger partial charge in [0.05, 0.1) is 11.4 Å². The third-order valence-electron chi connectivity index (χ3n) is 2.57. The summed E-state index contributed by atoms with van der Waals surface area (Å²) >= 11 is 0. The van der Waals surface area contributed by atoms with E-state index in [0.29, 0.717) is 6.41 Å². The number of nitrogens with zero attached hydrogens (tertiary/aromatic N) is 2. The van der Waals surface area contributed by atoms with Crippen molar-refractivity contribution < 1.29 is 4.79 Å². The molecule has 90 valence electrons. The smallest absolute Gasteiger partial charge is 0.234 e. The maximum Gasteiger partial charge on any atom is 0.234 e. The molecule has 0 bridgehead atoms. The van der Waals surface area contributed by atoms with Crippen molar-refractivity contribution in [1.82, 2.24) is 0 Å². The van der Waals surface area contributed by atoms with Crippen LogP contribution in [0.25, 0.3) is 0 Å². The minimum absolute atomic E-state index is 0.710. The van der Waals surface area contributed by atoms with Gasteiger partial charge in [0.25, 0.3) is 0 Å².